The Hall–Kier alpha value is 1.11. The van der Waals surface area contributed by atoms with Crippen LogP contribution < -0.4 is 0 Å². The molecule has 0 aromatic carbocycles. The maximum atomic E-state index is 5.10. The van der Waals surface area contributed by atoms with Gasteiger partial charge in [0.2, 0.25) is 0 Å². The van der Waals surface area contributed by atoms with E-state index in [1.807, 2.05) is 0 Å². The highest BCUT2D eigenvalue weighted by atomic mass is 32.1. The van der Waals surface area contributed by atoms with Crippen LogP contribution in [0.4, 0.5) is 0 Å². The molecule has 0 spiro atoms. The first-order valence-electron chi connectivity index (χ1n) is 10.4. The van der Waals surface area contributed by atoms with Crippen LogP contribution in [0.2, 0.25) is 0 Å². The van der Waals surface area contributed by atoms with E-state index in [0.29, 0.717) is 5.25 Å². The highest BCUT2D eigenvalue weighted by molar-refractivity contribution is 7.83. The number of hydrogen-bond acceptors (Lipinski definition) is 3. The van der Waals surface area contributed by atoms with Gasteiger partial charge in [-0.25, -0.2) is 0 Å². The Balaban J connectivity index is 1.63. The Morgan fingerprint density at radius 3 is 2.25 bits per heavy atom. The van der Waals surface area contributed by atoms with Crippen molar-refractivity contribution in [2.75, 3.05) is 0 Å². The van der Waals surface area contributed by atoms with Crippen LogP contribution in [0.1, 0.15) is 84.0 Å². The molecule has 0 aromatic heterocycles. The molecular weight excluding hydrogens is 347 g/mol. The SMILES string of the molecule is BC1(S)CCCC2C(CC3CCCC(C)(S)CCC3)CC(S)CC21. The van der Waals surface area contributed by atoms with E-state index in [0.717, 1.165) is 23.7 Å². The molecule has 0 amide bonds. The fourth-order valence-electron chi connectivity index (χ4n) is 6.20. The van der Waals surface area contributed by atoms with Gasteiger partial charge in [-0.05, 0) is 73.3 Å². The molecule has 3 aliphatic carbocycles. The van der Waals surface area contributed by atoms with Crippen LogP contribution in [0, 0.1) is 23.7 Å². The third-order valence-electron chi connectivity index (χ3n) is 7.53. The number of hydrogen-bond donors (Lipinski definition) is 3. The van der Waals surface area contributed by atoms with Gasteiger partial charge in [-0.1, -0.05) is 39.0 Å². The first kappa shape index (κ1) is 19.9. The van der Waals surface area contributed by atoms with Crippen molar-refractivity contribution in [1.29, 1.82) is 0 Å². The summed E-state index contributed by atoms with van der Waals surface area (Å²) in [6.45, 7) is 2.34. The molecule has 0 nitrogen and oxygen atoms in total. The van der Waals surface area contributed by atoms with Crippen LogP contribution >= 0.6 is 37.9 Å². The number of fused-ring (bicyclic) bond motifs is 1. The van der Waals surface area contributed by atoms with Gasteiger partial charge in [0.25, 0.3) is 0 Å². The van der Waals surface area contributed by atoms with E-state index in [9.17, 15) is 0 Å². The second-order valence-corrected chi connectivity index (χ2v) is 12.6. The van der Waals surface area contributed by atoms with Crippen LogP contribution in [0.25, 0.3) is 0 Å². The lowest BCUT2D eigenvalue weighted by Crippen LogP contribution is -2.48. The Kier molecular flexibility index (Phi) is 6.63. The molecule has 3 fully saturated rings. The summed E-state index contributed by atoms with van der Waals surface area (Å²) in [6.07, 6.45) is 16.5. The molecule has 5 atom stereocenters. The molecule has 4 heteroatoms. The summed E-state index contributed by atoms with van der Waals surface area (Å²) in [5.41, 5.74) is 0. The molecule has 0 radical (unpaired) electrons. The molecule has 0 heterocycles. The third-order valence-corrected chi connectivity index (χ3v) is 8.96. The quantitative estimate of drug-likeness (QED) is 0.411. The van der Waals surface area contributed by atoms with Crippen molar-refractivity contribution in [3.05, 3.63) is 0 Å². The Labute approximate surface area is 167 Å². The fraction of sp³-hybridized carbons (Fsp3) is 1.00. The van der Waals surface area contributed by atoms with Crippen LogP contribution in [0.15, 0.2) is 0 Å². The summed E-state index contributed by atoms with van der Waals surface area (Å²) in [5, 5.41) is 0.607. The van der Waals surface area contributed by atoms with Gasteiger partial charge in [-0.2, -0.15) is 37.9 Å². The largest absolute Gasteiger partial charge is 0.181 e. The van der Waals surface area contributed by atoms with Crippen molar-refractivity contribution in [2.45, 2.75) is 98.6 Å². The Morgan fingerprint density at radius 2 is 1.58 bits per heavy atom. The van der Waals surface area contributed by atoms with Crippen molar-refractivity contribution in [1.82, 2.24) is 0 Å². The van der Waals surface area contributed by atoms with Crippen molar-refractivity contribution >= 4 is 45.7 Å². The lowest BCUT2D eigenvalue weighted by molar-refractivity contribution is 0.0813. The van der Waals surface area contributed by atoms with Gasteiger partial charge < -0.3 is 0 Å². The van der Waals surface area contributed by atoms with Gasteiger partial charge in [-0.15, -0.1) is 0 Å². The summed E-state index contributed by atoms with van der Waals surface area (Å²) in [4.78, 5) is 0. The molecule has 0 N–H and O–H groups in total. The molecule has 0 aliphatic heterocycles. The van der Waals surface area contributed by atoms with Gasteiger partial charge in [0, 0.05) is 10.00 Å². The first-order valence-corrected chi connectivity index (χ1v) is 11.8. The van der Waals surface area contributed by atoms with E-state index in [1.165, 1.54) is 77.0 Å². The number of rotatable bonds is 2. The minimum absolute atomic E-state index is 0.247. The van der Waals surface area contributed by atoms with Crippen LogP contribution in [0.5, 0.6) is 0 Å². The molecule has 24 heavy (non-hydrogen) atoms. The maximum absolute atomic E-state index is 5.10. The molecule has 0 saturated heterocycles. The molecule has 3 aliphatic rings. The lowest BCUT2D eigenvalue weighted by atomic mass is 9.54. The highest BCUT2D eigenvalue weighted by Crippen LogP contribution is 2.52. The Bertz CT molecular complexity index is 411. The monoisotopic (exact) mass is 384 g/mol. The summed E-state index contributed by atoms with van der Waals surface area (Å²) in [7, 11) is 2.40. The third kappa shape index (κ3) is 4.88. The summed E-state index contributed by atoms with van der Waals surface area (Å²) >= 11 is 14.9. The van der Waals surface area contributed by atoms with Gasteiger partial charge in [0.05, 0.1) is 0 Å². The van der Waals surface area contributed by atoms with Crippen molar-refractivity contribution in [3.63, 3.8) is 0 Å². The highest BCUT2D eigenvalue weighted by Gasteiger charge is 2.46. The summed E-state index contributed by atoms with van der Waals surface area (Å²) < 4.78 is 0.533. The molecular formula is C20H37BS3. The van der Waals surface area contributed by atoms with E-state index in [-0.39, 0.29) is 9.39 Å². The maximum Gasteiger partial charge on any atom is 0.122 e. The van der Waals surface area contributed by atoms with E-state index in [1.54, 1.807) is 0 Å². The normalized spacial score (nSPS) is 50.6. The van der Waals surface area contributed by atoms with Gasteiger partial charge in [0.1, 0.15) is 7.85 Å². The fourth-order valence-corrected chi connectivity index (χ4v) is 7.47. The minimum atomic E-state index is 0.247. The predicted octanol–water partition coefficient (Wildman–Crippen LogP) is 5.42. The van der Waals surface area contributed by atoms with Crippen LogP contribution in [-0.4, -0.2) is 22.5 Å². The summed E-state index contributed by atoms with van der Waals surface area (Å²) in [6, 6.07) is 0. The van der Waals surface area contributed by atoms with Gasteiger partial charge >= 0.3 is 0 Å². The van der Waals surface area contributed by atoms with E-state index < -0.39 is 0 Å². The molecule has 0 bridgehead atoms. The van der Waals surface area contributed by atoms with Crippen molar-refractivity contribution < 1.29 is 0 Å². The number of thiol groups is 3. The van der Waals surface area contributed by atoms with E-state index in [4.69, 9.17) is 37.9 Å². The standard InChI is InChI=1S/C20H37BS3/c1-19(23)8-2-5-14(6-3-9-19)11-15-12-16(22)13-18-17(15)7-4-10-20(18,21)24/h14-18,22-24H,2-13,21H2,1H3. The molecule has 5 unspecified atom stereocenters. The van der Waals surface area contributed by atoms with E-state index in [2.05, 4.69) is 14.8 Å². The minimum Gasteiger partial charge on any atom is -0.181 e. The zero-order valence-electron chi connectivity index (χ0n) is 15.7. The van der Waals surface area contributed by atoms with Crippen LogP contribution in [0.3, 0.4) is 0 Å². The molecule has 3 saturated carbocycles. The zero-order valence-corrected chi connectivity index (χ0v) is 18.4. The van der Waals surface area contributed by atoms with Gasteiger partial charge in [0.15, 0.2) is 0 Å². The second-order valence-electron chi connectivity index (χ2n) is 9.79. The average Bonchev–Trinajstić information content (AvgIpc) is 2.45. The molecule has 138 valence electrons. The predicted molar refractivity (Wildman–Crippen MR) is 120 cm³/mol. The van der Waals surface area contributed by atoms with Crippen molar-refractivity contribution in [3.8, 4) is 0 Å². The van der Waals surface area contributed by atoms with E-state index >= 15 is 0 Å². The molecule has 3 rings (SSSR count). The molecule has 0 aromatic rings. The Morgan fingerprint density at radius 1 is 0.958 bits per heavy atom. The topological polar surface area (TPSA) is 0 Å². The summed E-state index contributed by atoms with van der Waals surface area (Å²) in [5.74, 6) is 3.58. The average molecular weight is 385 g/mol. The van der Waals surface area contributed by atoms with Crippen molar-refractivity contribution in [2.24, 2.45) is 23.7 Å². The second kappa shape index (κ2) is 8.01. The first-order chi connectivity index (χ1) is 11.3. The smallest absolute Gasteiger partial charge is 0.122 e. The zero-order chi connectivity index (χ0) is 17.4. The van der Waals surface area contributed by atoms with Crippen LogP contribution in [-0.2, 0) is 0 Å². The van der Waals surface area contributed by atoms with Gasteiger partial charge in [-0.3, -0.25) is 0 Å². The lowest BCUT2D eigenvalue weighted by Gasteiger charge is -2.52.